The molecule has 2 atom stereocenters. The molecular weight excluding hydrogens is 238 g/mol. The first-order chi connectivity index (χ1) is 9.36. The smallest absolute Gasteiger partial charge is 0.227 e. The highest BCUT2D eigenvalue weighted by Gasteiger charge is 2.36. The van der Waals surface area contributed by atoms with Gasteiger partial charge in [-0.05, 0) is 37.0 Å². The first-order valence-corrected chi connectivity index (χ1v) is 7.25. The van der Waals surface area contributed by atoms with Gasteiger partial charge in [0, 0.05) is 44.5 Å². The van der Waals surface area contributed by atoms with E-state index in [2.05, 4.69) is 15.2 Å². The first kappa shape index (κ1) is 12.6. The second-order valence-corrected chi connectivity index (χ2v) is 5.54. The van der Waals surface area contributed by atoms with E-state index >= 15 is 0 Å². The van der Waals surface area contributed by atoms with Crippen molar-refractivity contribution in [2.45, 2.75) is 25.2 Å². The third kappa shape index (κ3) is 2.63. The maximum atomic E-state index is 12.7. The Bertz CT molecular complexity index is 428. The minimum atomic E-state index is 0.0977. The van der Waals surface area contributed by atoms with E-state index in [1.807, 2.05) is 24.5 Å². The van der Waals surface area contributed by atoms with Gasteiger partial charge in [-0.2, -0.15) is 0 Å². The van der Waals surface area contributed by atoms with Crippen LogP contribution in [0.15, 0.2) is 24.5 Å². The molecule has 1 aromatic rings. The monoisotopic (exact) mass is 259 g/mol. The number of rotatable bonds is 2. The molecule has 3 rings (SSSR count). The van der Waals surface area contributed by atoms with Gasteiger partial charge < -0.3 is 10.2 Å². The van der Waals surface area contributed by atoms with Crippen LogP contribution in [0.5, 0.6) is 0 Å². The van der Waals surface area contributed by atoms with Crippen molar-refractivity contribution in [1.82, 2.24) is 15.2 Å². The molecule has 1 amide bonds. The van der Waals surface area contributed by atoms with Gasteiger partial charge in [-0.25, -0.2) is 0 Å². The van der Waals surface area contributed by atoms with E-state index in [0.717, 1.165) is 39.0 Å². The number of nitrogens with one attached hydrogen (secondary N) is 1. The molecule has 0 bridgehead atoms. The zero-order chi connectivity index (χ0) is 13.1. The summed E-state index contributed by atoms with van der Waals surface area (Å²) in [5.41, 5.74) is 1.23. The highest BCUT2D eigenvalue weighted by Crippen LogP contribution is 2.29. The number of likely N-dealkylation sites (tertiary alicyclic amines) is 1. The Morgan fingerprint density at radius 1 is 1.16 bits per heavy atom. The standard InChI is InChI=1S/C15H21N3O/c19-15(18-8-2-1-3-9-18)14-11-17-10-13(14)12-4-6-16-7-5-12/h4-7,13-14,17H,1-3,8-11H2/t13-,14?/m0/s1. The third-order valence-electron chi connectivity index (χ3n) is 4.33. The van der Waals surface area contributed by atoms with Crippen LogP contribution in [0.1, 0.15) is 30.7 Å². The fourth-order valence-electron chi connectivity index (χ4n) is 3.25. The van der Waals surface area contributed by atoms with E-state index in [1.54, 1.807) is 0 Å². The normalized spacial score (nSPS) is 27.5. The quantitative estimate of drug-likeness (QED) is 0.873. The van der Waals surface area contributed by atoms with Crippen LogP contribution in [-0.4, -0.2) is 42.0 Å². The van der Waals surface area contributed by atoms with E-state index in [1.165, 1.54) is 12.0 Å². The average Bonchev–Trinajstić information content (AvgIpc) is 2.98. The van der Waals surface area contributed by atoms with Gasteiger partial charge in [-0.3, -0.25) is 9.78 Å². The first-order valence-electron chi connectivity index (χ1n) is 7.25. The highest BCUT2D eigenvalue weighted by atomic mass is 16.2. The third-order valence-corrected chi connectivity index (χ3v) is 4.33. The van der Waals surface area contributed by atoms with Gasteiger partial charge in [0.1, 0.15) is 0 Å². The predicted octanol–water partition coefficient (Wildman–Crippen LogP) is 1.40. The van der Waals surface area contributed by atoms with Gasteiger partial charge in [0.25, 0.3) is 0 Å². The number of hydrogen-bond donors (Lipinski definition) is 1. The molecule has 2 aliphatic rings. The van der Waals surface area contributed by atoms with Crippen LogP contribution in [-0.2, 0) is 4.79 Å². The summed E-state index contributed by atoms with van der Waals surface area (Å²) in [5.74, 6) is 0.740. The molecule has 0 radical (unpaired) electrons. The molecule has 3 heterocycles. The van der Waals surface area contributed by atoms with Crippen LogP contribution in [0.3, 0.4) is 0 Å². The summed E-state index contributed by atoms with van der Waals surface area (Å²) < 4.78 is 0. The predicted molar refractivity (Wildman–Crippen MR) is 73.8 cm³/mol. The van der Waals surface area contributed by atoms with Crippen LogP contribution in [0.2, 0.25) is 0 Å². The largest absolute Gasteiger partial charge is 0.342 e. The molecule has 0 spiro atoms. The maximum absolute atomic E-state index is 12.7. The molecule has 0 aliphatic carbocycles. The van der Waals surface area contributed by atoms with Crippen molar-refractivity contribution in [2.24, 2.45) is 5.92 Å². The SMILES string of the molecule is O=C(C1CNC[C@H]1c1ccncc1)N1CCCCC1. The number of aromatic nitrogens is 1. The van der Waals surface area contributed by atoms with Crippen molar-refractivity contribution in [2.75, 3.05) is 26.2 Å². The summed E-state index contributed by atoms with van der Waals surface area (Å²) in [4.78, 5) is 18.8. The molecule has 1 unspecified atom stereocenters. The molecule has 4 heteroatoms. The van der Waals surface area contributed by atoms with E-state index in [0.29, 0.717) is 11.8 Å². The van der Waals surface area contributed by atoms with Gasteiger partial charge in [-0.15, -0.1) is 0 Å². The number of amides is 1. The Balaban J connectivity index is 1.74. The van der Waals surface area contributed by atoms with Gasteiger partial charge in [0.05, 0.1) is 5.92 Å². The molecule has 4 nitrogen and oxygen atoms in total. The summed E-state index contributed by atoms with van der Waals surface area (Å²) in [7, 11) is 0. The minimum absolute atomic E-state index is 0.0977. The van der Waals surface area contributed by atoms with Crippen molar-refractivity contribution in [1.29, 1.82) is 0 Å². The Hall–Kier alpha value is -1.42. The molecular formula is C15H21N3O. The highest BCUT2D eigenvalue weighted by molar-refractivity contribution is 5.80. The molecule has 0 saturated carbocycles. The number of piperidine rings is 1. The summed E-state index contributed by atoms with van der Waals surface area (Å²) in [6, 6.07) is 4.07. The lowest BCUT2D eigenvalue weighted by Crippen LogP contribution is -2.41. The Morgan fingerprint density at radius 2 is 1.89 bits per heavy atom. The van der Waals surface area contributed by atoms with Gasteiger partial charge >= 0.3 is 0 Å². The molecule has 102 valence electrons. The van der Waals surface area contributed by atoms with E-state index in [4.69, 9.17) is 0 Å². The molecule has 0 aromatic carbocycles. The lowest BCUT2D eigenvalue weighted by atomic mass is 9.88. The lowest BCUT2D eigenvalue weighted by molar-refractivity contribution is -0.136. The zero-order valence-corrected chi connectivity index (χ0v) is 11.2. The van der Waals surface area contributed by atoms with Crippen molar-refractivity contribution < 1.29 is 4.79 Å². The summed E-state index contributed by atoms with van der Waals surface area (Å²) in [6.45, 7) is 3.59. The second kappa shape index (κ2) is 5.70. The van der Waals surface area contributed by atoms with Crippen molar-refractivity contribution in [3.63, 3.8) is 0 Å². The number of carbonyl (C=O) groups is 1. The molecule has 1 aromatic heterocycles. The van der Waals surface area contributed by atoms with Gasteiger partial charge in [0.2, 0.25) is 5.91 Å². The fraction of sp³-hybridized carbons (Fsp3) is 0.600. The number of carbonyl (C=O) groups excluding carboxylic acids is 1. The Labute approximate surface area is 114 Å². The molecule has 19 heavy (non-hydrogen) atoms. The van der Waals surface area contributed by atoms with Crippen LogP contribution in [0, 0.1) is 5.92 Å². The topological polar surface area (TPSA) is 45.2 Å². The van der Waals surface area contributed by atoms with Crippen molar-refractivity contribution in [3.05, 3.63) is 30.1 Å². The van der Waals surface area contributed by atoms with Crippen molar-refractivity contribution in [3.8, 4) is 0 Å². The average molecular weight is 259 g/mol. The number of nitrogens with zero attached hydrogens (tertiary/aromatic N) is 2. The van der Waals surface area contributed by atoms with Crippen LogP contribution >= 0.6 is 0 Å². The summed E-state index contributed by atoms with van der Waals surface area (Å²) >= 11 is 0. The zero-order valence-electron chi connectivity index (χ0n) is 11.2. The van der Waals surface area contributed by atoms with Crippen molar-refractivity contribution >= 4 is 5.91 Å². The number of pyridine rings is 1. The second-order valence-electron chi connectivity index (χ2n) is 5.54. The summed E-state index contributed by atoms with van der Waals surface area (Å²) in [5, 5.41) is 3.37. The van der Waals surface area contributed by atoms with E-state index in [-0.39, 0.29) is 5.92 Å². The Morgan fingerprint density at radius 3 is 2.63 bits per heavy atom. The lowest BCUT2D eigenvalue weighted by Gasteiger charge is -2.31. The summed E-state index contributed by atoms with van der Waals surface area (Å²) in [6.07, 6.45) is 7.21. The molecule has 2 aliphatic heterocycles. The van der Waals surface area contributed by atoms with Crippen LogP contribution < -0.4 is 5.32 Å². The maximum Gasteiger partial charge on any atom is 0.227 e. The van der Waals surface area contributed by atoms with Crippen LogP contribution in [0.25, 0.3) is 0 Å². The van der Waals surface area contributed by atoms with Gasteiger partial charge in [0.15, 0.2) is 0 Å². The van der Waals surface area contributed by atoms with Gasteiger partial charge in [-0.1, -0.05) is 0 Å². The Kier molecular flexibility index (Phi) is 3.78. The molecule has 2 saturated heterocycles. The molecule has 1 N–H and O–H groups in total. The molecule has 2 fully saturated rings. The van der Waals surface area contributed by atoms with Crippen LogP contribution in [0.4, 0.5) is 0 Å². The fourth-order valence-corrected chi connectivity index (χ4v) is 3.25. The number of hydrogen-bond acceptors (Lipinski definition) is 3. The van der Waals surface area contributed by atoms with E-state index in [9.17, 15) is 4.79 Å². The minimum Gasteiger partial charge on any atom is -0.342 e. The van der Waals surface area contributed by atoms with E-state index < -0.39 is 0 Å².